The number of aliphatic carboxylic acids is 2. The van der Waals surface area contributed by atoms with Crippen molar-refractivity contribution < 1.29 is 66.6 Å². The summed E-state index contributed by atoms with van der Waals surface area (Å²) >= 11 is 0. The molecule has 78 heavy (non-hydrogen) atoms. The standard InChI is InChI=1S/2C30H46NO7P/c2*1-4-28(33)37-30(22(2)3)38-39(36,18-12-11-15-23-13-7-5-8-14-23)21-27(32)31-20-25(19-26(31)29(34)35)24-16-9-6-10-17-24/h2*5,7-8,13-14,22,24-26,30H,4,6,9-12,15-21H2,1-3H3,(H,34,35)/t2*25-,26+,30-,39+/m10/s1. The molecule has 0 radical (unpaired) electrons. The molecule has 8 atom stereocenters. The zero-order valence-electron chi connectivity index (χ0n) is 47.5. The van der Waals surface area contributed by atoms with Crippen molar-refractivity contribution in [3.05, 3.63) is 71.8 Å². The molecular formula is C60H92N2O14P2. The molecule has 2 aromatic rings. The number of rotatable bonds is 28. The number of benzene rings is 2. The molecule has 2 aromatic carbocycles. The van der Waals surface area contributed by atoms with E-state index in [1.165, 1.54) is 33.8 Å². The van der Waals surface area contributed by atoms with Crippen LogP contribution in [0.3, 0.4) is 0 Å². The highest BCUT2D eigenvalue weighted by atomic mass is 31.2. The van der Waals surface area contributed by atoms with Gasteiger partial charge in [0.25, 0.3) is 0 Å². The van der Waals surface area contributed by atoms with Gasteiger partial charge < -0.3 is 29.5 Å². The summed E-state index contributed by atoms with van der Waals surface area (Å²) < 4.78 is 51.4. The van der Waals surface area contributed by atoms with Gasteiger partial charge in [-0.1, -0.05) is 166 Å². The maximum Gasteiger partial charge on any atom is 0.326 e. The second-order valence-corrected chi connectivity index (χ2v) is 28.2. The lowest BCUT2D eigenvalue weighted by Crippen LogP contribution is -2.42. The summed E-state index contributed by atoms with van der Waals surface area (Å²) in [6.45, 7) is 11.4. The van der Waals surface area contributed by atoms with Crippen molar-refractivity contribution in [3.8, 4) is 0 Å². The Kier molecular flexibility index (Phi) is 26.6. The van der Waals surface area contributed by atoms with Crippen molar-refractivity contribution >= 4 is 50.4 Å². The van der Waals surface area contributed by atoms with Gasteiger partial charge in [-0.3, -0.25) is 37.4 Å². The molecule has 0 spiro atoms. The Labute approximate surface area is 464 Å². The van der Waals surface area contributed by atoms with E-state index in [2.05, 4.69) is 0 Å². The Hall–Kier alpha value is -4.36. The highest BCUT2D eigenvalue weighted by Crippen LogP contribution is 2.52. The lowest BCUT2D eigenvalue weighted by atomic mass is 9.79. The van der Waals surface area contributed by atoms with Gasteiger partial charge in [0.15, 0.2) is 0 Å². The summed E-state index contributed by atoms with van der Waals surface area (Å²) in [7, 11) is -7.19. The van der Waals surface area contributed by atoms with Gasteiger partial charge in [0.05, 0.1) is 0 Å². The first-order chi connectivity index (χ1) is 37.2. The first-order valence-corrected chi connectivity index (χ1v) is 33.3. The molecule has 0 aromatic heterocycles. The zero-order valence-corrected chi connectivity index (χ0v) is 49.3. The van der Waals surface area contributed by atoms with E-state index in [0.29, 0.717) is 50.6 Å². The highest BCUT2D eigenvalue weighted by molar-refractivity contribution is 7.60. The molecule has 2 saturated heterocycles. The van der Waals surface area contributed by atoms with E-state index >= 15 is 0 Å². The molecule has 2 heterocycles. The molecule has 6 rings (SSSR count). The molecule has 4 aliphatic rings. The molecule has 2 aliphatic heterocycles. The Balaban J connectivity index is 0.000000287. The number of carbonyl (C=O) groups excluding carboxylic acids is 4. The van der Waals surface area contributed by atoms with Crippen LogP contribution >= 0.6 is 14.7 Å². The number of esters is 2. The number of hydrogen-bond donors (Lipinski definition) is 2. The lowest BCUT2D eigenvalue weighted by Gasteiger charge is -2.30. The van der Waals surface area contributed by atoms with Crippen LogP contribution in [0, 0.1) is 35.5 Å². The SMILES string of the molecule is CCC(=O)O[C@@H](O[P@](=O)(CCCCc1ccccc1)CC(=O)N1C[C@@H](C2CCCCC2)C[C@@H]1C(=O)O)C(C)C.CCC(=O)O[C@H](O[P@@](=O)(CCCCc1ccccc1)CC(=O)N1C[C@H](C2CCCCC2)C[C@H]1C(=O)O)C(C)C. The minimum Gasteiger partial charge on any atom is -0.480 e. The number of nitrogens with zero attached hydrogens (tertiary/aromatic N) is 2. The van der Waals surface area contributed by atoms with Crippen LogP contribution in [0.1, 0.15) is 168 Å². The van der Waals surface area contributed by atoms with Crippen LogP contribution in [-0.2, 0) is 69.3 Å². The van der Waals surface area contributed by atoms with E-state index in [0.717, 1.165) is 77.0 Å². The number of hydrogen-bond acceptors (Lipinski definition) is 12. The number of carbonyl (C=O) groups is 6. The molecular weight excluding hydrogens is 1030 g/mol. The van der Waals surface area contributed by atoms with Crippen molar-refractivity contribution in [1.29, 1.82) is 0 Å². The van der Waals surface area contributed by atoms with Crippen LogP contribution in [0.15, 0.2) is 60.7 Å². The van der Waals surface area contributed by atoms with E-state index in [-0.39, 0.29) is 61.2 Å². The lowest BCUT2D eigenvalue weighted by molar-refractivity contribution is -0.170. The van der Waals surface area contributed by atoms with E-state index in [4.69, 9.17) is 18.5 Å². The van der Waals surface area contributed by atoms with Crippen molar-refractivity contribution in [2.45, 2.75) is 195 Å². The third kappa shape index (κ3) is 20.6. The molecule has 0 unspecified atom stereocenters. The Morgan fingerprint density at radius 1 is 0.526 bits per heavy atom. The average molecular weight is 1130 g/mol. The number of aryl methyl sites for hydroxylation is 2. The fraction of sp³-hybridized carbons (Fsp3) is 0.700. The predicted molar refractivity (Wildman–Crippen MR) is 301 cm³/mol. The summed E-state index contributed by atoms with van der Waals surface area (Å²) in [4.78, 5) is 78.3. The molecule has 2 saturated carbocycles. The van der Waals surface area contributed by atoms with Gasteiger partial charge in [0.1, 0.15) is 24.4 Å². The highest BCUT2D eigenvalue weighted by Gasteiger charge is 2.47. The van der Waals surface area contributed by atoms with Gasteiger partial charge in [-0.15, -0.1) is 0 Å². The van der Waals surface area contributed by atoms with Crippen molar-refractivity contribution in [2.24, 2.45) is 35.5 Å². The van der Waals surface area contributed by atoms with E-state index < -0.39 is 75.1 Å². The van der Waals surface area contributed by atoms with Crippen LogP contribution in [0.2, 0.25) is 0 Å². The summed E-state index contributed by atoms with van der Waals surface area (Å²) in [5.74, 6) is -3.22. The summed E-state index contributed by atoms with van der Waals surface area (Å²) in [5.41, 5.74) is 2.35. The van der Waals surface area contributed by atoms with Crippen molar-refractivity contribution in [2.75, 3.05) is 37.7 Å². The molecule has 4 fully saturated rings. The van der Waals surface area contributed by atoms with Crippen LogP contribution in [0.4, 0.5) is 0 Å². The minimum absolute atomic E-state index is 0.149. The average Bonchev–Trinajstić information content (AvgIpc) is 4.12. The van der Waals surface area contributed by atoms with Crippen LogP contribution in [-0.4, -0.2) is 118 Å². The van der Waals surface area contributed by atoms with Crippen molar-refractivity contribution in [3.63, 3.8) is 0 Å². The topological polar surface area (TPSA) is 220 Å². The molecule has 436 valence electrons. The van der Waals surface area contributed by atoms with E-state index in [9.17, 15) is 48.1 Å². The summed E-state index contributed by atoms with van der Waals surface area (Å²) in [6, 6.07) is 18.2. The van der Waals surface area contributed by atoms with Crippen LogP contribution in [0.5, 0.6) is 0 Å². The molecule has 0 bridgehead atoms. The number of carboxylic acids is 2. The number of ether oxygens (including phenoxy) is 2. The second-order valence-electron chi connectivity index (χ2n) is 23.0. The largest absolute Gasteiger partial charge is 0.480 e. The Bertz CT molecular complexity index is 2140. The van der Waals surface area contributed by atoms with Gasteiger partial charge in [-0.2, -0.15) is 0 Å². The van der Waals surface area contributed by atoms with Crippen LogP contribution in [0.25, 0.3) is 0 Å². The maximum atomic E-state index is 14.2. The minimum atomic E-state index is -3.60. The molecule has 16 nitrogen and oxygen atoms in total. The Morgan fingerprint density at radius 2 is 0.872 bits per heavy atom. The van der Waals surface area contributed by atoms with Gasteiger partial charge in [-0.05, 0) is 86.2 Å². The maximum absolute atomic E-state index is 14.2. The van der Waals surface area contributed by atoms with E-state index in [1.807, 2.05) is 88.4 Å². The number of likely N-dealkylation sites (tertiary alicyclic amines) is 2. The quantitative estimate of drug-likeness (QED) is 0.0350. The number of unbranched alkanes of at least 4 members (excludes halogenated alkanes) is 2. The molecule has 18 heteroatoms. The van der Waals surface area contributed by atoms with Gasteiger partial charge in [0, 0.05) is 50.1 Å². The molecule has 2 aliphatic carbocycles. The zero-order chi connectivity index (χ0) is 56.8. The summed E-state index contributed by atoms with van der Waals surface area (Å²) in [5, 5.41) is 19.8. The smallest absolute Gasteiger partial charge is 0.326 e. The second kappa shape index (κ2) is 32.2. The first-order valence-electron chi connectivity index (χ1n) is 29.3. The summed E-state index contributed by atoms with van der Waals surface area (Å²) in [6.07, 6.45) is 14.2. The van der Waals surface area contributed by atoms with Gasteiger partial charge >= 0.3 is 23.9 Å². The van der Waals surface area contributed by atoms with Gasteiger partial charge in [0.2, 0.25) is 39.1 Å². The molecule has 2 amide bonds. The Morgan fingerprint density at radius 3 is 1.18 bits per heavy atom. The van der Waals surface area contributed by atoms with Gasteiger partial charge in [-0.25, -0.2) is 9.59 Å². The monoisotopic (exact) mass is 1130 g/mol. The van der Waals surface area contributed by atoms with E-state index in [1.54, 1.807) is 13.8 Å². The number of carboxylic acid groups (broad SMARTS) is 2. The molecule has 2 N–H and O–H groups in total. The fourth-order valence-corrected chi connectivity index (χ4v) is 16.2. The number of amides is 2. The third-order valence-corrected chi connectivity index (χ3v) is 20.8. The third-order valence-electron chi connectivity index (χ3n) is 16.1. The fourth-order valence-electron chi connectivity index (χ4n) is 11.6. The van der Waals surface area contributed by atoms with Crippen LogP contribution < -0.4 is 0 Å². The van der Waals surface area contributed by atoms with Crippen molar-refractivity contribution in [1.82, 2.24) is 9.80 Å². The normalized spacial score (nSPS) is 22.4. The predicted octanol–water partition coefficient (Wildman–Crippen LogP) is 12.2. The first kappa shape index (κ1) is 64.5.